The Morgan fingerprint density at radius 1 is 0.284 bits per heavy atom. The number of rotatable bonds is 54. The quantitative estimate of drug-likeness (QED) is 0.0261. The highest BCUT2D eigenvalue weighted by molar-refractivity contribution is 5.71. The number of ether oxygens (including phenoxy) is 3. The van der Waals surface area contributed by atoms with Crippen LogP contribution in [0.4, 0.5) is 0 Å². The van der Waals surface area contributed by atoms with Crippen LogP contribution in [0.5, 0.6) is 0 Å². The summed E-state index contributed by atoms with van der Waals surface area (Å²) in [7, 11) is 0. The van der Waals surface area contributed by atoms with Crippen molar-refractivity contribution in [2.75, 3.05) is 13.2 Å². The van der Waals surface area contributed by atoms with Crippen LogP contribution < -0.4 is 0 Å². The molecular formula is C68H112O6. The third-order valence-electron chi connectivity index (χ3n) is 12.7. The molecule has 0 aromatic heterocycles. The number of carbonyl (C=O) groups excluding carboxylic acids is 3. The van der Waals surface area contributed by atoms with E-state index in [1.54, 1.807) is 0 Å². The molecule has 0 heterocycles. The molecule has 0 N–H and O–H groups in total. The molecule has 0 saturated carbocycles. The molecule has 0 spiro atoms. The number of hydrogen-bond donors (Lipinski definition) is 0. The lowest BCUT2D eigenvalue weighted by Crippen LogP contribution is -2.30. The fourth-order valence-electron chi connectivity index (χ4n) is 8.20. The molecule has 6 heteroatoms. The number of allylic oxidation sites excluding steroid dienone is 20. The topological polar surface area (TPSA) is 78.9 Å². The second-order valence-electron chi connectivity index (χ2n) is 19.9. The van der Waals surface area contributed by atoms with Crippen LogP contribution in [0.2, 0.25) is 0 Å². The summed E-state index contributed by atoms with van der Waals surface area (Å²) >= 11 is 0. The Morgan fingerprint density at radius 2 is 0.527 bits per heavy atom. The van der Waals surface area contributed by atoms with Crippen LogP contribution in [-0.2, 0) is 28.6 Å². The van der Waals surface area contributed by atoms with E-state index in [0.717, 1.165) is 116 Å². The molecule has 0 saturated heterocycles. The van der Waals surface area contributed by atoms with Crippen molar-refractivity contribution >= 4 is 17.9 Å². The van der Waals surface area contributed by atoms with Gasteiger partial charge in [0.25, 0.3) is 0 Å². The lowest BCUT2D eigenvalue weighted by atomic mass is 10.0. The highest BCUT2D eigenvalue weighted by Crippen LogP contribution is 2.16. The van der Waals surface area contributed by atoms with Crippen LogP contribution in [0.25, 0.3) is 0 Å². The summed E-state index contributed by atoms with van der Waals surface area (Å²) in [5.41, 5.74) is 0. The summed E-state index contributed by atoms with van der Waals surface area (Å²) in [6.07, 6.45) is 85.4. The van der Waals surface area contributed by atoms with E-state index in [-0.39, 0.29) is 37.5 Å². The van der Waals surface area contributed by atoms with Crippen molar-refractivity contribution in [3.8, 4) is 0 Å². The van der Waals surface area contributed by atoms with Crippen molar-refractivity contribution in [3.05, 3.63) is 122 Å². The number of carbonyl (C=O) groups is 3. The van der Waals surface area contributed by atoms with E-state index in [9.17, 15) is 14.4 Å². The van der Waals surface area contributed by atoms with Gasteiger partial charge in [0, 0.05) is 19.3 Å². The SMILES string of the molecule is CC/C=C\C/C=C\C/C=C\C/C=C\C/C=C\C/C=C\CCCCCCCCCCCCCCCCCCC(=O)OCC(COC(=O)CCCCCCCC)OC(=O)CCCC/C=C\C/C=C\C/C=C\C/C=C\CC. The maximum Gasteiger partial charge on any atom is 0.306 e. The summed E-state index contributed by atoms with van der Waals surface area (Å²) < 4.78 is 16.7. The Morgan fingerprint density at radius 3 is 0.851 bits per heavy atom. The minimum Gasteiger partial charge on any atom is -0.462 e. The fraction of sp³-hybridized carbons (Fsp3) is 0.662. The summed E-state index contributed by atoms with van der Waals surface area (Å²) in [5, 5.41) is 0. The molecule has 0 fully saturated rings. The Bertz CT molecular complexity index is 1550. The first-order valence-corrected chi connectivity index (χ1v) is 30.5. The van der Waals surface area contributed by atoms with Crippen LogP contribution >= 0.6 is 0 Å². The van der Waals surface area contributed by atoms with Crippen molar-refractivity contribution < 1.29 is 28.6 Å². The van der Waals surface area contributed by atoms with Gasteiger partial charge in [0.05, 0.1) is 0 Å². The van der Waals surface area contributed by atoms with Gasteiger partial charge in [-0.05, 0) is 109 Å². The molecule has 1 unspecified atom stereocenters. The van der Waals surface area contributed by atoms with Gasteiger partial charge in [0.15, 0.2) is 6.10 Å². The molecule has 6 nitrogen and oxygen atoms in total. The van der Waals surface area contributed by atoms with Crippen molar-refractivity contribution in [1.82, 2.24) is 0 Å². The summed E-state index contributed by atoms with van der Waals surface area (Å²) in [4.78, 5) is 37.9. The van der Waals surface area contributed by atoms with Gasteiger partial charge < -0.3 is 14.2 Å². The predicted molar refractivity (Wildman–Crippen MR) is 320 cm³/mol. The largest absolute Gasteiger partial charge is 0.462 e. The number of esters is 3. The maximum absolute atomic E-state index is 12.8. The zero-order valence-electron chi connectivity index (χ0n) is 48.1. The van der Waals surface area contributed by atoms with E-state index in [1.165, 1.54) is 109 Å². The Labute approximate surface area is 456 Å². The van der Waals surface area contributed by atoms with Gasteiger partial charge in [0.2, 0.25) is 0 Å². The molecule has 0 rings (SSSR count). The Hall–Kier alpha value is -4.19. The Balaban J connectivity index is 4.01. The smallest absolute Gasteiger partial charge is 0.306 e. The molecule has 0 aliphatic rings. The monoisotopic (exact) mass is 1020 g/mol. The first-order valence-electron chi connectivity index (χ1n) is 30.5. The third-order valence-corrected chi connectivity index (χ3v) is 12.7. The van der Waals surface area contributed by atoms with Crippen LogP contribution in [0.15, 0.2) is 122 Å². The van der Waals surface area contributed by atoms with Crippen LogP contribution in [0.3, 0.4) is 0 Å². The number of hydrogen-bond acceptors (Lipinski definition) is 6. The normalized spacial score (nSPS) is 13.0. The van der Waals surface area contributed by atoms with Gasteiger partial charge in [-0.15, -0.1) is 0 Å². The maximum atomic E-state index is 12.8. The van der Waals surface area contributed by atoms with Crippen LogP contribution in [0, 0.1) is 0 Å². The van der Waals surface area contributed by atoms with Gasteiger partial charge in [-0.3, -0.25) is 14.4 Å². The first-order chi connectivity index (χ1) is 36.5. The molecule has 420 valence electrons. The van der Waals surface area contributed by atoms with E-state index in [1.807, 2.05) is 0 Å². The summed E-state index contributed by atoms with van der Waals surface area (Å²) in [6, 6.07) is 0. The number of unbranched alkanes of at least 4 members (excludes halogenated alkanes) is 23. The van der Waals surface area contributed by atoms with E-state index in [0.29, 0.717) is 19.3 Å². The lowest BCUT2D eigenvalue weighted by molar-refractivity contribution is -0.167. The van der Waals surface area contributed by atoms with Gasteiger partial charge in [0.1, 0.15) is 13.2 Å². The second-order valence-corrected chi connectivity index (χ2v) is 19.9. The minimum atomic E-state index is -0.796. The Kier molecular flexibility index (Phi) is 57.9. The average molecular weight is 1030 g/mol. The molecule has 0 aromatic rings. The van der Waals surface area contributed by atoms with Crippen molar-refractivity contribution in [2.24, 2.45) is 0 Å². The molecule has 0 amide bonds. The molecule has 0 bridgehead atoms. The van der Waals surface area contributed by atoms with Crippen LogP contribution in [0.1, 0.15) is 271 Å². The zero-order chi connectivity index (χ0) is 53.6. The minimum absolute atomic E-state index is 0.0941. The highest BCUT2D eigenvalue weighted by atomic mass is 16.6. The molecule has 74 heavy (non-hydrogen) atoms. The first kappa shape index (κ1) is 69.8. The average Bonchev–Trinajstić information content (AvgIpc) is 3.40. The fourth-order valence-corrected chi connectivity index (χ4v) is 8.20. The molecule has 1 atom stereocenters. The van der Waals surface area contributed by atoms with E-state index in [4.69, 9.17) is 14.2 Å². The van der Waals surface area contributed by atoms with Gasteiger partial charge >= 0.3 is 17.9 Å². The highest BCUT2D eigenvalue weighted by Gasteiger charge is 2.19. The predicted octanol–water partition coefficient (Wildman–Crippen LogP) is 20.8. The van der Waals surface area contributed by atoms with Crippen molar-refractivity contribution in [3.63, 3.8) is 0 Å². The van der Waals surface area contributed by atoms with Crippen molar-refractivity contribution in [2.45, 2.75) is 277 Å². The van der Waals surface area contributed by atoms with Crippen molar-refractivity contribution in [1.29, 1.82) is 0 Å². The molecule has 0 aliphatic heterocycles. The molecular weight excluding hydrogens is 913 g/mol. The van der Waals surface area contributed by atoms with Gasteiger partial charge in [-0.25, -0.2) is 0 Å². The second kappa shape index (κ2) is 61.4. The van der Waals surface area contributed by atoms with E-state index < -0.39 is 6.10 Å². The van der Waals surface area contributed by atoms with E-state index in [2.05, 4.69) is 142 Å². The van der Waals surface area contributed by atoms with Crippen LogP contribution in [-0.4, -0.2) is 37.2 Å². The summed E-state index contributed by atoms with van der Waals surface area (Å²) in [5.74, 6) is -0.945. The molecule has 0 aliphatic carbocycles. The summed E-state index contributed by atoms with van der Waals surface area (Å²) in [6.45, 7) is 6.31. The lowest BCUT2D eigenvalue weighted by Gasteiger charge is -2.18. The zero-order valence-corrected chi connectivity index (χ0v) is 48.1. The standard InChI is InChI=1S/C68H112O6/c1-4-7-10-13-16-18-20-22-24-25-26-27-28-29-30-31-32-33-34-35-36-37-38-39-40-41-42-43-45-46-48-50-52-55-58-61-67(70)73-64-65(63-72-66(69)60-57-54-15-12-9-6-3)74-68(71)62-59-56-53-51-49-47-44-23-21-19-17-14-11-8-5-2/h7-8,10-11,16-19,22-24,26-27,29-30,32-33,44,49,51,65H,4-6,9,12-15,20-21,25,28,31,34-43,45-48,50,52-64H2,1-3H3/b10-7-,11-8-,18-16-,19-17-,24-22-,27-26-,30-29-,33-32-,44-23-,51-49-. The van der Waals surface area contributed by atoms with Gasteiger partial charge in [-0.1, -0.05) is 264 Å². The third kappa shape index (κ3) is 58.7. The molecule has 0 radical (unpaired) electrons. The van der Waals surface area contributed by atoms with E-state index >= 15 is 0 Å². The van der Waals surface area contributed by atoms with Gasteiger partial charge in [-0.2, -0.15) is 0 Å². The molecule has 0 aromatic carbocycles.